The molecule has 0 atom stereocenters. The minimum atomic E-state index is -0.286. The number of rotatable bonds is 5. The zero-order chi connectivity index (χ0) is 35.0. The molecule has 0 N–H and O–H groups in total. The van der Waals surface area contributed by atoms with Gasteiger partial charge in [-0.25, -0.2) is 4.39 Å². The fourth-order valence-electron chi connectivity index (χ4n) is 7.94. The molecule has 0 aliphatic carbocycles. The highest BCUT2D eigenvalue weighted by Crippen LogP contribution is 2.44. The van der Waals surface area contributed by atoms with E-state index >= 15 is 0 Å². The Bertz CT molecular complexity index is 3150. The standard InChI is InChI=1S/C48H28FNO3/c49-40-17-9-19-44-47(40)37-23-20-30(27-45(37)52-44)34-14-8-18-43-46(34)39-26-29(21-24-42(39)51-43)35-15-7-16-36-38-28-33(22-25-41(38)53-48(35)36)50(31-10-3-1-4-11-31)32-12-5-2-6-13-32/h1-28H. The predicted molar refractivity (Wildman–Crippen MR) is 214 cm³/mol. The van der Waals surface area contributed by atoms with Crippen LogP contribution in [0.4, 0.5) is 21.5 Å². The third kappa shape index (κ3) is 4.61. The van der Waals surface area contributed by atoms with Crippen molar-refractivity contribution < 1.29 is 17.6 Å². The second-order valence-corrected chi connectivity index (χ2v) is 13.4. The van der Waals surface area contributed by atoms with Crippen LogP contribution in [0, 0.1) is 5.82 Å². The van der Waals surface area contributed by atoms with Crippen LogP contribution in [0.1, 0.15) is 0 Å². The van der Waals surface area contributed by atoms with Gasteiger partial charge in [0.2, 0.25) is 0 Å². The van der Waals surface area contributed by atoms with Gasteiger partial charge in [-0.3, -0.25) is 0 Å². The number of para-hydroxylation sites is 3. The first kappa shape index (κ1) is 29.6. The predicted octanol–water partition coefficient (Wildman–Crippen LogP) is 14.3. The van der Waals surface area contributed by atoms with Crippen LogP contribution in [0.5, 0.6) is 0 Å². The van der Waals surface area contributed by atoms with E-state index in [1.165, 1.54) is 6.07 Å². The molecule has 4 nitrogen and oxygen atoms in total. The van der Waals surface area contributed by atoms with E-state index in [1.54, 1.807) is 12.1 Å². The molecule has 3 aromatic heterocycles. The minimum absolute atomic E-state index is 0.286. The summed E-state index contributed by atoms with van der Waals surface area (Å²) in [6.07, 6.45) is 0. The number of nitrogens with zero attached hydrogens (tertiary/aromatic N) is 1. The Morgan fingerprint density at radius 2 is 1.00 bits per heavy atom. The van der Waals surface area contributed by atoms with E-state index in [4.69, 9.17) is 13.3 Å². The molecule has 5 heteroatoms. The highest BCUT2D eigenvalue weighted by atomic mass is 19.1. The number of halogens is 1. The molecule has 0 aliphatic rings. The van der Waals surface area contributed by atoms with Gasteiger partial charge in [-0.2, -0.15) is 0 Å². The number of hydrogen-bond acceptors (Lipinski definition) is 4. The number of benzene rings is 8. The Hall–Kier alpha value is -7.11. The van der Waals surface area contributed by atoms with E-state index in [0.29, 0.717) is 16.6 Å². The molecule has 250 valence electrons. The lowest BCUT2D eigenvalue weighted by Gasteiger charge is -2.25. The van der Waals surface area contributed by atoms with Gasteiger partial charge in [-0.15, -0.1) is 0 Å². The first-order chi connectivity index (χ1) is 26.2. The lowest BCUT2D eigenvalue weighted by Crippen LogP contribution is -2.09. The van der Waals surface area contributed by atoms with Gasteiger partial charge in [0, 0.05) is 49.6 Å². The van der Waals surface area contributed by atoms with Gasteiger partial charge >= 0.3 is 0 Å². The molecule has 0 radical (unpaired) electrons. The molecule has 11 aromatic rings. The van der Waals surface area contributed by atoms with Crippen LogP contribution in [-0.4, -0.2) is 0 Å². The quantitative estimate of drug-likeness (QED) is 0.181. The van der Waals surface area contributed by atoms with Crippen LogP contribution < -0.4 is 4.90 Å². The molecule has 0 saturated carbocycles. The summed E-state index contributed by atoms with van der Waals surface area (Å²) in [5.74, 6) is -0.286. The third-order valence-electron chi connectivity index (χ3n) is 10.3. The van der Waals surface area contributed by atoms with Crippen molar-refractivity contribution in [2.45, 2.75) is 0 Å². The van der Waals surface area contributed by atoms with Crippen molar-refractivity contribution in [3.05, 3.63) is 176 Å². The summed E-state index contributed by atoms with van der Waals surface area (Å²) in [5, 5.41) is 5.37. The summed E-state index contributed by atoms with van der Waals surface area (Å²) in [6, 6.07) is 56.9. The van der Waals surface area contributed by atoms with E-state index in [-0.39, 0.29) is 5.82 Å². The molecule has 11 rings (SSSR count). The van der Waals surface area contributed by atoms with E-state index in [9.17, 15) is 4.39 Å². The van der Waals surface area contributed by atoms with Crippen LogP contribution in [-0.2, 0) is 0 Å². The molecule has 0 aliphatic heterocycles. The Balaban J connectivity index is 1.06. The van der Waals surface area contributed by atoms with Crippen molar-refractivity contribution in [1.82, 2.24) is 0 Å². The van der Waals surface area contributed by atoms with Gasteiger partial charge in [0.05, 0.1) is 5.39 Å². The maximum atomic E-state index is 14.7. The Kier molecular flexibility index (Phi) is 6.40. The van der Waals surface area contributed by atoms with E-state index in [0.717, 1.165) is 88.6 Å². The van der Waals surface area contributed by atoms with Crippen molar-refractivity contribution in [2.24, 2.45) is 0 Å². The highest BCUT2D eigenvalue weighted by Gasteiger charge is 2.20. The number of fused-ring (bicyclic) bond motifs is 9. The molecule has 3 heterocycles. The highest BCUT2D eigenvalue weighted by molar-refractivity contribution is 6.16. The average Bonchev–Trinajstić information content (AvgIpc) is 3.90. The molecular formula is C48H28FNO3. The molecule has 0 fully saturated rings. The minimum Gasteiger partial charge on any atom is -0.456 e. The van der Waals surface area contributed by atoms with Gasteiger partial charge < -0.3 is 18.2 Å². The first-order valence-electron chi connectivity index (χ1n) is 17.6. The molecule has 8 aromatic carbocycles. The summed E-state index contributed by atoms with van der Waals surface area (Å²) in [5.41, 5.74) is 11.6. The van der Waals surface area contributed by atoms with Crippen LogP contribution in [0.3, 0.4) is 0 Å². The summed E-state index contributed by atoms with van der Waals surface area (Å²) < 4.78 is 33.9. The van der Waals surface area contributed by atoms with E-state index in [1.807, 2.05) is 48.5 Å². The molecule has 0 amide bonds. The summed E-state index contributed by atoms with van der Waals surface area (Å²) in [7, 11) is 0. The monoisotopic (exact) mass is 685 g/mol. The molecule has 53 heavy (non-hydrogen) atoms. The second-order valence-electron chi connectivity index (χ2n) is 13.4. The van der Waals surface area contributed by atoms with Crippen molar-refractivity contribution in [1.29, 1.82) is 0 Å². The van der Waals surface area contributed by atoms with Gasteiger partial charge in [0.15, 0.2) is 0 Å². The maximum absolute atomic E-state index is 14.7. The summed E-state index contributed by atoms with van der Waals surface area (Å²) in [4.78, 5) is 2.27. The molecule has 0 bridgehead atoms. The molecule has 0 saturated heterocycles. The van der Waals surface area contributed by atoms with Crippen molar-refractivity contribution >= 4 is 82.9 Å². The zero-order valence-corrected chi connectivity index (χ0v) is 28.2. The summed E-state index contributed by atoms with van der Waals surface area (Å²) >= 11 is 0. The van der Waals surface area contributed by atoms with E-state index in [2.05, 4.69) is 108 Å². The SMILES string of the molecule is Fc1cccc2oc3cc(-c4cccc5oc6ccc(-c7cccc8c7oc7ccc(N(c9ccccc9)c9ccccc9)cc78)cc6c45)ccc3c12. The van der Waals surface area contributed by atoms with Gasteiger partial charge in [0.25, 0.3) is 0 Å². The van der Waals surface area contributed by atoms with Gasteiger partial charge in [-0.1, -0.05) is 84.9 Å². The lowest BCUT2D eigenvalue weighted by molar-refractivity contribution is 0.634. The van der Waals surface area contributed by atoms with Gasteiger partial charge in [-0.05, 0) is 102 Å². The van der Waals surface area contributed by atoms with Crippen molar-refractivity contribution in [3.63, 3.8) is 0 Å². The van der Waals surface area contributed by atoms with Crippen molar-refractivity contribution in [2.75, 3.05) is 4.90 Å². The molecular weight excluding hydrogens is 658 g/mol. The number of furan rings is 3. The number of anilines is 3. The molecule has 0 unspecified atom stereocenters. The maximum Gasteiger partial charge on any atom is 0.143 e. The van der Waals surface area contributed by atoms with Gasteiger partial charge in [0.1, 0.15) is 39.3 Å². The largest absolute Gasteiger partial charge is 0.456 e. The third-order valence-corrected chi connectivity index (χ3v) is 10.3. The van der Waals surface area contributed by atoms with Crippen LogP contribution >= 0.6 is 0 Å². The van der Waals surface area contributed by atoms with E-state index < -0.39 is 0 Å². The van der Waals surface area contributed by atoms with Crippen LogP contribution in [0.15, 0.2) is 183 Å². The second kappa shape index (κ2) is 11.5. The van der Waals surface area contributed by atoms with Crippen LogP contribution in [0.25, 0.3) is 88.1 Å². The Labute approximate surface area is 302 Å². The normalized spacial score (nSPS) is 11.9. The number of hydrogen-bond donors (Lipinski definition) is 0. The Morgan fingerprint density at radius 3 is 1.81 bits per heavy atom. The van der Waals surface area contributed by atoms with Crippen molar-refractivity contribution in [3.8, 4) is 22.3 Å². The lowest BCUT2D eigenvalue weighted by atomic mass is 9.96. The van der Waals surface area contributed by atoms with Crippen LogP contribution in [0.2, 0.25) is 0 Å². The average molecular weight is 686 g/mol. The topological polar surface area (TPSA) is 42.7 Å². The summed E-state index contributed by atoms with van der Waals surface area (Å²) in [6.45, 7) is 0. The Morgan fingerprint density at radius 1 is 0.358 bits per heavy atom. The first-order valence-corrected chi connectivity index (χ1v) is 17.6. The zero-order valence-electron chi connectivity index (χ0n) is 28.2. The molecule has 0 spiro atoms. The fourth-order valence-corrected chi connectivity index (χ4v) is 7.94. The smallest absolute Gasteiger partial charge is 0.143 e. The fraction of sp³-hybridized carbons (Fsp3) is 0.